The molecule has 0 saturated heterocycles. The van der Waals surface area contributed by atoms with E-state index in [1.165, 1.54) is 55.0 Å². The maximum Gasteiger partial charge on any atom is 0.162 e. The predicted octanol–water partition coefficient (Wildman–Crippen LogP) is 18.7. The largest absolute Gasteiger partial charge is 0.507 e. The summed E-state index contributed by atoms with van der Waals surface area (Å²) in [7, 11) is 0. The molecule has 2 aromatic heterocycles. The Morgan fingerprint density at radius 2 is 1.17 bits per heavy atom. The van der Waals surface area contributed by atoms with Gasteiger partial charge in [-0.05, 0) is 116 Å². The van der Waals surface area contributed by atoms with Crippen LogP contribution in [-0.2, 0) is 0 Å². The molecule has 69 heavy (non-hydrogen) atoms. The summed E-state index contributed by atoms with van der Waals surface area (Å²) in [6.45, 7) is 4.42. The zero-order valence-electron chi connectivity index (χ0n) is 39.4. The highest BCUT2D eigenvalue weighted by Gasteiger charge is 2.32. The zero-order valence-corrected chi connectivity index (χ0v) is 39.4. The van der Waals surface area contributed by atoms with E-state index in [0.717, 1.165) is 119 Å². The number of aryl methyl sites for hydroxylation is 1. The van der Waals surface area contributed by atoms with Crippen molar-refractivity contribution in [2.45, 2.75) is 83.5 Å². The van der Waals surface area contributed by atoms with E-state index in [1.807, 2.05) is 0 Å². The lowest BCUT2D eigenvalue weighted by Gasteiger charge is -2.32. The topological polar surface area (TPSA) is 53.0 Å². The van der Waals surface area contributed by atoms with Gasteiger partial charge in [0.05, 0.1) is 22.4 Å². The number of fused-ring (bicyclic) bond motifs is 7. The Balaban J connectivity index is 1.10. The van der Waals surface area contributed by atoms with Crippen LogP contribution in [0.25, 0.3) is 65.8 Å². The van der Waals surface area contributed by atoms with Gasteiger partial charge in [0.25, 0.3) is 0 Å². The number of hydrogen-bond donors (Lipinski definition) is 1. The zero-order chi connectivity index (χ0) is 46.2. The molecular weight excluding hydrogens is 845 g/mol. The number of benzene rings is 8. The third kappa shape index (κ3) is 6.96. The number of para-hydroxylation sites is 4. The van der Waals surface area contributed by atoms with Crippen LogP contribution < -0.4 is 9.80 Å². The van der Waals surface area contributed by atoms with Crippen molar-refractivity contribution in [2.75, 3.05) is 9.80 Å². The van der Waals surface area contributed by atoms with Gasteiger partial charge in [-0.15, -0.1) is 0 Å². The highest BCUT2D eigenvalue weighted by Crippen LogP contribution is 2.55. The molecule has 0 radical (unpaired) electrons. The Kier molecular flexibility index (Phi) is 10.2. The number of furan rings is 2. The summed E-state index contributed by atoms with van der Waals surface area (Å²) >= 11 is 0. The molecule has 1 N–H and O–H groups in total. The maximum absolute atomic E-state index is 12.0. The highest BCUT2D eigenvalue weighted by atomic mass is 16.3. The summed E-state index contributed by atoms with van der Waals surface area (Å²) < 4.78 is 14.6. The molecule has 0 bridgehead atoms. The van der Waals surface area contributed by atoms with Gasteiger partial charge in [-0.2, -0.15) is 0 Å². The summed E-state index contributed by atoms with van der Waals surface area (Å²) in [6.07, 6.45) is 17.5. The molecule has 3 aliphatic carbocycles. The van der Waals surface area contributed by atoms with E-state index < -0.39 is 0 Å². The van der Waals surface area contributed by atoms with E-state index in [4.69, 9.17) is 8.83 Å². The maximum atomic E-state index is 12.0. The SMILES string of the molecule is Cc1ccc(N(c2cccc3c2oc2c(C4CCCC4)cccc23)c2c3ccccc3c(N(C3=CCC(C)C=C3)c3cccc(-c4cccc(C5CCCC5)c4O)c3)c3oc4ccccc4c23)cc1. The second kappa shape index (κ2) is 16.9. The Hall–Kier alpha value is -7.50. The van der Waals surface area contributed by atoms with Crippen molar-refractivity contribution in [3.05, 3.63) is 192 Å². The number of nitrogens with zero attached hydrogens (tertiary/aromatic N) is 2. The van der Waals surface area contributed by atoms with Gasteiger partial charge in [-0.1, -0.05) is 166 Å². The van der Waals surface area contributed by atoms with Crippen molar-refractivity contribution in [2.24, 2.45) is 5.92 Å². The second-order valence-electron chi connectivity index (χ2n) is 20.0. The molecule has 2 fully saturated rings. The van der Waals surface area contributed by atoms with E-state index in [2.05, 4.69) is 194 Å². The van der Waals surface area contributed by atoms with Gasteiger partial charge < -0.3 is 23.7 Å². The van der Waals surface area contributed by atoms with Gasteiger partial charge in [0.1, 0.15) is 16.9 Å². The van der Waals surface area contributed by atoms with Crippen LogP contribution in [-0.4, -0.2) is 5.11 Å². The molecule has 0 spiro atoms. The molecule has 340 valence electrons. The van der Waals surface area contributed by atoms with Crippen LogP contribution >= 0.6 is 0 Å². The summed E-state index contributed by atoms with van der Waals surface area (Å²) in [5.74, 6) is 1.72. The summed E-state index contributed by atoms with van der Waals surface area (Å²) in [6, 6.07) is 54.7. The molecule has 13 rings (SSSR count). The third-order valence-corrected chi connectivity index (χ3v) is 15.6. The van der Waals surface area contributed by atoms with Crippen molar-refractivity contribution in [3.63, 3.8) is 0 Å². The molecule has 2 heterocycles. The molecule has 5 nitrogen and oxygen atoms in total. The second-order valence-corrected chi connectivity index (χ2v) is 20.0. The lowest BCUT2D eigenvalue weighted by Crippen LogP contribution is -2.19. The third-order valence-electron chi connectivity index (χ3n) is 15.6. The summed E-state index contributed by atoms with van der Waals surface area (Å²) in [5.41, 5.74) is 15.0. The summed E-state index contributed by atoms with van der Waals surface area (Å²) in [5, 5.41) is 18.5. The van der Waals surface area contributed by atoms with Crippen LogP contribution in [0.5, 0.6) is 5.75 Å². The number of phenols is 1. The number of rotatable bonds is 9. The Morgan fingerprint density at radius 3 is 1.93 bits per heavy atom. The quantitative estimate of drug-likeness (QED) is 0.146. The van der Waals surface area contributed by atoms with Crippen LogP contribution in [0.3, 0.4) is 0 Å². The van der Waals surface area contributed by atoms with E-state index in [-0.39, 0.29) is 0 Å². The molecule has 0 amide bonds. The van der Waals surface area contributed by atoms with Gasteiger partial charge in [0, 0.05) is 49.6 Å². The van der Waals surface area contributed by atoms with Crippen molar-refractivity contribution in [3.8, 4) is 16.9 Å². The molecule has 0 aliphatic heterocycles. The fourth-order valence-corrected chi connectivity index (χ4v) is 12.2. The molecule has 2 saturated carbocycles. The van der Waals surface area contributed by atoms with Crippen molar-refractivity contribution >= 4 is 83.1 Å². The average Bonchev–Trinajstić information content (AvgIpc) is 4.24. The van der Waals surface area contributed by atoms with Crippen LogP contribution in [0.15, 0.2) is 184 Å². The number of hydrogen-bond acceptors (Lipinski definition) is 5. The van der Waals surface area contributed by atoms with Crippen LogP contribution in [0, 0.1) is 12.8 Å². The Morgan fingerprint density at radius 1 is 0.536 bits per heavy atom. The molecule has 3 aliphatic rings. The van der Waals surface area contributed by atoms with Crippen molar-refractivity contribution in [1.29, 1.82) is 0 Å². The molecule has 8 aromatic carbocycles. The smallest absolute Gasteiger partial charge is 0.162 e. The molecule has 1 atom stereocenters. The predicted molar refractivity (Wildman–Crippen MR) is 287 cm³/mol. The van der Waals surface area contributed by atoms with Gasteiger partial charge in [0.15, 0.2) is 11.2 Å². The normalized spacial score (nSPS) is 16.7. The van der Waals surface area contributed by atoms with E-state index >= 15 is 0 Å². The number of phenolic OH excluding ortho intramolecular Hbond substituents is 1. The van der Waals surface area contributed by atoms with E-state index in [9.17, 15) is 5.11 Å². The first-order chi connectivity index (χ1) is 34.0. The minimum atomic E-state index is 0.392. The van der Waals surface area contributed by atoms with Gasteiger partial charge in [-0.3, -0.25) is 0 Å². The molecule has 1 unspecified atom stereocenters. The number of anilines is 5. The van der Waals surface area contributed by atoms with E-state index in [1.54, 1.807) is 0 Å². The van der Waals surface area contributed by atoms with Gasteiger partial charge in [0.2, 0.25) is 0 Å². The average molecular weight is 901 g/mol. The highest BCUT2D eigenvalue weighted by molar-refractivity contribution is 6.28. The van der Waals surface area contributed by atoms with Crippen molar-refractivity contribution < 1.29 is 13.9 Å². The van der Waals surface area contributed by atoms with Gasteiger partial charge >= 0.3 is 0 Å². The molecule has 5 heteroatoms. The van der Waals surface area contributed by atoms with Crippen molar-refractivity contribution in [1.82, 2.24) is 0 Å². The molecule has 10 aromatic rings. The van der Waals surface area contributed by atoms with Gasteiger partial charge in [-0.25, -0.2) is 0 Å². The first kappa shape index (κ1) is 41.7. The Bertz CT molecular complexity index is 3670. The van der Waals surface area contributed by atoms with E-state index in [0.29, 0.717) is 23.5 Å². The fourth-order valence-electron chi connectivity index (χ4n) is 12.2. The fraction of sp³-hybridized carbons (Fsp3) is 0.219. The first-order valence-electron chi connectivity index (χ1n) is 25.3. The lowest BCUT2D eigenvalue weighted by atomic mass is 9.92. The minimum Gasteiger partial charge on any atom is -0.507 e. The standard InChI is InChI=1S/C64H56N2O3/c1-40-31-35-45(36-32-40)65(47-20-11-19-44(39-47)49-25-12-24-48(61(49)67)42-15-3-4-16-42)60-52-22-8-7-21-51(52)59(58-55-23-9-10-30-57(55)68-64(58)60)66(46-37-33-41(2)34-38-46)56-29-14-28-54-53-27-13-26-50(43-17-5-6-18-43)62(53)69-63(54)56/h7-14,19-31,33-40,42-43,67H,3-6,15-18,32H2,1-2H3. The van der Waals surface area contributed by atoms with Crippen LogP contribution in [0.4, 0.5) is 28.4 Å². The van der Waals surface area contributed by atoms with Crippen LogP contribution in [0.1, 0.15) is 93.2 Å². The van der Waals surface area contributed by atoms with Crippen LogP contribution in [0.2, 0.25) is 0 Å². The first-order valence-corrected chi connectivity index (χ1v) is 25.3. The minimum absolute atomic E-state index is 0.392. The number of allylic oxidation sites excluding steroid dienone is 3. The number of aromatic hydroxyl groups is 1. The lowest BCUT2D eigenvalue weighted by molar-refractivity contribution is 0.463. The Labute approximate surface area is 403 Å². The monoisotopic (exact) mass is 900 g/mol. The summed E-state index contributed by atoms with van der Waals surface area (Å²) in [4.78, 5) is 4.84. The molecular formula is C64H56N2O3.